The molecule has 0 aliphatic heterocycles. The van der Waals surface area contributed by atoms with Gasteiger partial charge in [0.05, 0.1) is 18.2 Å². The molecular formula is C18H21ClN2O4S. The molecule has 0 radical (unpaired) electrons. The zero-order valence-corrected chi connectivity index (χ0v) is 16.6. The van der Waals surface area contributed by atoms with E-state index in [1.165, 1.54) is 32.4 Å². The van der Waals surface area contributed by atoms with E-state index in [4.69, 9.17) is 16.4 Å². The van der Waals surface area contributed by atoms with Crippen LogP contribution in [0.4, 0.5) is 0 Å². The molecule has 0 saturated heterocycles. The molecule has 1 amide bonds. The van der Waals surface area contributed by atoms with Crippen LogP contribution in [-0.2, 0) is 14.9 Å². The second-order valence-electron chi connectivity index (χ2n) is 5.85. The van der Waals surface area contributed by atoms with Crippen molar-refractivity contribution >= 4 is 27.5 Å². The van der Waals surface area contributed by atoms with Gasteiger partial charge >= 0.3 is 0 Å². The molecule has 0 saturated carbocycles. The number of hydroxylamine groups is 1. The molecule has 0 aromatic heterocycles. The molecule has 8 heteroatoms. The van der Waals surface area contributed by atoms with E-state index in [0.717, 1.165) is 11.1 Å². The van der Waals surface area contributed by atoms with Gasteiger partial charge < -0.3 is 5.32 Å². The molecule has 0 heterocycles. The summed E-state index contributed by atoms with van der Waals surface area (Å²) in [6.45, 7) is 3.84. The Morgan fingerprint density at radius 3 is 2.38 bits per heavy atom. The highest BCUT2D eigenvalue weighted by Gasteiger charge is 2.25. The lowest BCUT2D eigenvalue weighted by molar-refractivity contribution is -0.0258. The minimum Gasteiger partial charge on any atom is -0.346 e. The first kappa shape index (κ1) is 20.4. The molecule has 0 aliphatic carbocycles. The van der Waals surface area contributed by atoms with Gasteiger partial charge in [0.1, 0.15) is 4.90 Å². The first-order chi connectivity index (χ1) is 12.2. The van der Waals surface area contributed by atoms with Gasteiger partial charge in [-0.05, 0) is 37.6 Å². The predicted octanol–water partition coefficient (Wildman–Crippen LogP) is 3.32. The topological polar surface area (TPSA) is 75.7 Å². The summed E-state index contributed by atoms with van der Waals surface area (Å²) in [5.74, 6) is -0.397. The summed E-state index contributed by atoms with van der Waals surface area (Å²) in [7, 11) is -1.49. The summed E-state index contributed by atoms with van der Waals surface area (Å²) in [5, 5.41) is 2.86. The zero-order chi connectivity index (χ0) is 19.5. The summed E-state index contributed by atoms with van der Waals surface area (Å²) in [6.07, 6.45) is 0. The first-order valence-corrected chi connectivity index (χ1v) is 9.68. The maximum absolute atomic E-state index is 12.5. The average molecular weight is 397 g/mol. The smallest absolute Gasteiger partial charge is 0.266 e. The number of benzene rings is 2. The van der Waals surface area contributed by atoms with Crippen molar-refractivity contribution in [2.24, 2.45) is 0 Å². The van der Waals surface area contributed by atoms with Crippen molar-refractivity contribution in [3.05, 3.63) is 64.2 Å². The van der Waals surface area contributed by atoms with Crippen molar-refractivity contribution in [2.75, 3.05) is 14.2 Å². The summed E-state index contributed by atoms with van der Waals surface area (Å²) >= 11 is 6.01. The largest absolute Gasteiger partial charge is 0.346 e. The van der Waals surface area contributed by atoms with Crippen molar-refractivity contribution in [1.29, 1.82) is 0 Å². The summed E-state index contributed by atoms with van der Waals surface area (Å²) in [4.78, 5) is 17.1. The molecule has 26 heavy (non-hydrogen) atoms. The fourth-order valence-electron chi connectivity index (χ4n) is 2.30. The van der Waals surface area contributed by atoms with E-state index < -0.39 is 15.9 Å². The van der Waals surface area contributed by atoms with Crippen molar-refractivity contribution in [3.8, 4) is 0 Å². The van der Waals surface area contributed by atoms with Gasteiger partial charge in [-0.15, -0.1) is 0 Å². The highest BCUT2D eigenvalue weighted by molar-refractivity contribution is 7.89. The standard InChI is InChI=1S/C18H21ClN2O4S/c1-12-5-7-14(8-6-12)13(2)20-18(22)15-9-10-16(19)17(11-15)26(23,24)21(3)25-4/h5-11,13H,1-4H3,(H,20,22). The van der Waals surface area contributed by atoms with Crippen LogP contribution >= 0.6 is 11.6 Å². The Morgan fingerprint density at radius 1 is 1.19 bits per heavy atom. The number of carbonyl (C=O) groups is 1. The highest BCUT2D eigenvalue weighted by Crippen LogP contribution is 2.25. The molecule has 140 valence electrons. The number of nitrogens with zero attached hydrogens (tertiary/aromatic N) is 1. The highest BCUT2D eigenvalue weighted by atomic mass is 35.5. The van der Waals surface area contributed by atoms with E-state index in [1.807, 2.05) is 38.1 Å². The number of nitrogens with one attached hydrogen (secondary N) is 1. The number of aryl methyl sites for hydroxylation is 1. The predicted molar refractivity (Wildman–Crippen MR) is 100 cm³/mol. The quantitative estimate of drug-likeness (QED) is 0.760. The van der Waals surface area contributed by atoms with Crippen LogP contribution < -0.4 is 5.32 Å². The van der Waals surface area contributed by atoms with Crippen LogP contribution in [0.3, 0.4) is 0 Å². The summed E-state index contributed by atoms with van der Waals surface area (Å²) in [6, 6.07) is 11.7. The number of sulfonamides is 1. The van der Waals surface area contributed by atoms with E-state index in [0.29, 0.717) is 4.47 Å². The number of halogens is 1. The minimum absolute atomic E-state index is 0.0111. The Hall–Kier alpha value is -1.93. The van der Waals surface area contributed by atoms with E-state index in [9.17, 15) is 13.2 Å². The SMILES string of the molecule is CON(C)S(=O)(=O)c1cc(C(=O)NC(C)c2ccc(C)cc2)ccc1Cl. The molecule has 0 aliphatic rings. The van der Waals surface area contributed by atoms with Crippen molar-refractivity contribution in [1.82, 2.24) is 9.79 Å². The van der Waals surface area contributed by atoms with Crippen LogP contribution in [0.1, 0.15) is 34.5 Å². The van der Waals surface area contributed by atoms with Crippen molar-refractivity contribution < 1.29 is 18.0 Å². The van der Waals surface area contributed by atoms with Gasteiger partial charge in [-0.25, -0.2) is 8.42 Å². The number of rotatable bonds is 6. The molecule has 2 rings (SSSR count). The zero-order valence-electron chi connectivity index (χ0n) is 15.0. The Bertz CT molecular complexity index is 898. The Morgan fingerprint density at radius 2 is 1.81 bits per heavy atom. The van der Waals surface area contributed by atoms with Gasteiger partial charge in [-0.2, -0.15) is 0 Å². The van der Waals surface area contributed by atoms with Gasteiger partial charge in [0.2, 0.25) is 0 Å². The maximum atomic E-state index is 12.5. The van der Waals surface area contributed by atoms with Crippen LogP contribution in [0.5, 0.6) is 0 Å². The maximum Gasteiger partial charge on any atom is 0.266 e. The monoisotopic (exact) mass is 396 g/mol. The fourth-order valence-corrected chi connectivity index (χ4v) is 3.77. The second-order valence-corrected chi connectivity index (χ2v) is 8.16. The Balaban J connectivity index is 2.27. The van der Waals surface area contributed by atoms with Gasteiger partial charge in [0, 0.05) is 12.6 Å². The summed E-state index contributed by atoms with van der Waals surface area (Å²) < 4.78 is 25.5. The molecule has 1 atom stereocenters. The minimum atomic E-state index is -3.96. The number of hydrogen-bond acceptors (Lipinski definition) is 4. The van der Waals surface area contributed by atoms with Gasteiger partial charge in [-0.3, -0.25) is 9.63 Å². The van der Waals surface area contributed by atoms with Gasteiger partial charge in [0.15, 0.2) is 0 Å². The van der Waals surface area contributed by atoms with Gasteiger partial charge in [-0.1, -0.05) is 45.9 Å². The Kier molecular flexibility index (Phi) is 6.41. The number of amides is 1. The normalized spacial score (nSPS) is 12.8. The van der Waals surface area contributed by atoms with Crippen LogP contribution in [-0.4, -0.2) is 33.0 Å². The van der Waals surface area contributed by atoms with E-state index >= 15 is 0 Å². The summed E-state index contributed by atoms with van der Waals surface area (Å²) in [5.41, 5.74) is 2.27. The lowest BCUT2D eigenvalue weighted by Gasteiger charge is -2.17. The number of carbonyl (C=O) groups excluding carboxylic acids is 1. The molecule has 6 nitrogen and oxygen atoms in total. The molecule has 1 N–H and O–H groups in total. The lowest BCUT2D eigenvalue weighted by Crippen LogP contribution is -2.28. The third-order valence-corrected chi connectivity index (χ3v) is 6.15. The van der Waals surface area contributed by atoms with E-state index in [1.54, 1.807) is 0 Å². The Labute approximate surface area is 158 Å². The van der Waals surface area contributed by atoms with Crippen molar-refractivity contribution in [3.63, 3.8) is 0 Å². The third kappa shape index (κ3) is 4.42. The van der Waals surface area contributed by atoms with Crippen LogP contribution in [0.25, 0.3) is 0 Å². The van der Waals surface area contributed by atoms with Gasteiger partial charge in [0.25, 0.3) is 15.9 Å². The molecule has 1 unspecified atom stereocenters. The molecule has 2 aromatic carbocycles. The third-order valence-electron chi connectivity index (χ3n) is 3.99. The lowest BCUT2D eigenvalue weighted by atomic mass is 10.1. The van der Waals surface area contributed by atoms with Crippen LogP contribution in [0, 0.1) is 6.92 Å². The van der Waals surface area contributed by atoms with Crippen LogP contribution in [0.15, 0.2) is 47.4 Å². The average Bonchev–Trinajstić information content (AvgIpc) is 2.61. The molecule has 0 fully saturated rings. The van der Waals surface area contributed by atoms with Crippen molar-refractivity contribution in [2.45, 2.75) is 24.8 Å². The number of hydrogen-bond donors (Lipinski definition) is 1. The molecule has 2 aromatic rings. The second kappa shape index (κ2) is 8.18. The molecule has 0 spiro atoms. The molecular weight excluding hydrogens is 376 g/mol. The van der Waals surface area contributed by atoms with E-state index in [-0.39, 0.29) is 21.5 Å². The van der Waals surface area contributed by atoms with E-state index in [2.05, 4.69) is 5.32 Å². The fraction of sp³-hybridized carbons (Fsp3) is 0.278. The first-order valence-electron chi connectivity index (χ1n) is 7.87. The molecule has 0 bridgehead atoms. The van der Waals surface area contributed by atoms with Crippen LogP contribution in [0.2, 0.25) is 5.02 Å².